The average Bonchev–Trinajstić information content (AvgIpc) is 3.00. The molecule has 6 rings (SSSR count). The third-order valence-corrected chi connectivity index (χ3v) is 7.36. The number of rotatable bonds is 5. The van der Waals surface area contributed by atoms with Gasteiger partial charge in [-0.25, -0.2) is 0 Å². The zero-order valence-electron chi connectivity index (χ0n) is 21.7. The van der Waals surface area contributed by atoms with Gasteiger partial charge in [-0.05, 0) is 12.1 Å². The number of hydrogen-bond acceptors (Lipinski definition) is 9. The van der Waals surface area contributed by atoms with Crippen molar-refractivity contribution in [2.24, 2.45) is 0 Å². The highest BCUT2D eigenvalue weighted by atomic mass is 16.5. The van der Waals surface area contributed by atoms with E-state index in [1.165, 1.54) is 6.26 Å². The maximum atomic E-state index is 13.8. The number of para-hydroxylation sites is 1. The maximum absolute atomic E-state index is 13.8. The van der Waals surface area contributed by atoms with Crippen molar-refractivity contribution in [3.63, 3.8) is 0 Å². The quantitative estimate of drug-likeness (QED) is 0.273. The highest BCUT2D eigenvalue weighted by Gasteiger charge is 2.34. The van der Waals surface area contributed by atoms with Gasteiger partial charge in [0.25, 0.3) is 0 Å². The minimum atomic E-state index is -1.23. The molecule has 3 N–H and O–H groups in total. The van der Waals surface area contributed by atoms with E-state index in [0.717, 1.165) is 6.07 Å². The minimum Gasteiger partial charge on any atom is -0.504 e. The number of phenolic OH excluding ortho intramolecular Hbond substituents is 3. The first kappa shape index (κ1) is 26.1. The largest absolute Gasteiger partial charge is 0.504 e. The van der Waals surface area contributed by atoms with Crippen molar-refractivity contribution < 1.29 is 33.7 Å². The lowest BCUT2D eigenvalue weighted by Gasteiger charge is -2.29. The van der Waals surface area contributed by atoms with Gasteiger partial charge in [-0.15, -0.1) is 0 Å². The van der Waals surface area contributed by atoms with E-state index in [0.29, 0.717) is 37.4 Å². The predicted molar refractivity (Wildman–Crippen MR) is 149 cm³/mol. The molecule has 0 spiro atoms. The summed E-state index contributed by atoms with van der Waals surface area (Å²) in [7, 11) is 0. The number of amides is 1. The molecule has 1 amide bonds. The van der Waals surface area contributed by atoms with Crippen molar-refractivity contribution in [1.29, 1.82) is 0 Å². The summed E-state index contributed by atoms with van der Waals surface area (Å²) in [5, 5.41) is 32.5. The second-order valence-electron chi connectivity index (χ2n) is 9.77. The van der Waals surface area contributed by atoms with E-state index < -0.39 is 39.4 Å². The van der Waals surface area contributed by atoms with Crippen LogP contribution in [0, 0.1) is 0 Å². The molecule has 3 aromatic carbocycles. The van der Waals surface area contributed by atoms with E-state index in [1.807, 2.05) is 0 Å². The van der Waals surface area contributed by atoms with Crippen LogP contribution in [0.1, 0.15) is 23.5 Å². The second kappa shape index (κ2) is 10.5. The fourth-order valence-corrected chi connectivity index (χ4v) is 5.26. The zero-order chi connectivity index (χ0) is 28.7. The van der Waals surface area contributed by atoms with Gasteiger partial charge in [0.2, 0.25) is 11.7 Å². The molecule has 3 heterocycles. The Labute approximate surface area is 232 Å². The SMILES string of the molecule is O=C(C[C@H](c1coc2ccccc2c1=O)c1c(O)c(O)c(O)c2c(=O)cc(-c3ccccc3)oc12)N1CCOCC1. The van der Waals surface area contributed by atoms with Crippen LogP contribution in [-0.4, -0.2) is 52.4 Å². The molecule has 1 aliphatic rings. The highest BCUT2D eigenvalue weighted by Crippen LogP contribution is 2.49. The Bertz CT molecular complexity index is 1900. The molecule has 0 saturated carbocycles. The van der Waals surface area contributed by atoms with Gasteiger partial charge in [0.1, 0.15) is 22.3 Å². The fraction of sp³-hybridized carbons (Fsp3) is 0.194. The van der Waals surface area contributed by atoms with Crippen molar-refractivity contribution >= 4 is 27.8 Å². The predicted octanol–water partition coefficient (Wildman–Crippen LogP) is 4.06. The van der Waals surface area contributed by atoms with Gasteiger partial charge in [-0.1, -0.05) is 42.5 Å². The molecule has 0 bridgehead atoms. The van der Waals surface area contributed by atoms with Gasteiger partial charge >= 0.3 is 0 Å². The lowest BCUT2D eigenvalue weighted by atomic mass is 9.85. The molecular weight excluding hydrogens is 530 g/mol. The Morgan fingerprint density at radius 3 is 2.37 bits per heavy atom. The number of fused-ring (bicyclic) bond motifs is 2. The summed E-state index contributed by atoms with van der Waals surface area (Å²) < 4.78 is 17.2. The third kappa shape index (κ3) is 4.57. The van der Waals surface area contributed by atoms with Gasteiger partial charge in [-0.2, -0.15) is 0 Å². The van der Waals surface area contributed by atoms with E-state index in [-0.39, 0.29) is 40.2 Å². The highest BCUT2D eigenvalue weighted by molar-refractivity contribution is 5.94. The van der Waals surface area contributed by atoms with Crippen LogP contribution in [0.25, 0.3) is 33.3 Å². The Balaban J connectivity index is 1.64. The maximum Gasteiger partial charge on any atom is 0.223 e. The number of carbonyl (C=O) groups is 1. The number of ether oxygens (including phenoxy) is 1. The number of nitrogens with zero attached hydrogens (tertiary/aromatic N) is 1. The van der Waals surface area contributed by atoms with Crippen LogP contribution in [0.3, 0.4) is 0 Å². The first-order valence-electron chi connectivity index (χ1n) is 13.0. The van der Waals surface area contributed by atoms with Crippen LogP contribution < -0.4 is 10.9 Å². The van der Waals surface area contributed by atoms with Crippen molar-refractivity contribution in [2.45, 2.75) is 12.3 Å². The number of aromatic hydroxyl groups is 3. The van der Waals surface area contributed by atoms with Crippen LogP contribution in [0.4, 0.5) is 0 Å². The topological polar surface area (TPSA) is 151 Å². The molecule has 10 nitrogen and oxygen atoms in total. The summed E-state index contributed by atoms with van der Waals surface area (Å²) in [5.41, 5.74) is -0.766. The molecule has 208 valence electrons. The zero-order valence-corrected chi connectivity index (χ0v) is 21.7. The molecule has 5 aromatic rings. The number of carbonyl (C=O) groups excluding carboxylic acids is 1. The van der Waals surface area contributed by atoms with Crippen LogP contribution in [0.5, 0.6) is 17.2 Å². The van der Waals surface area contributed by atoms with Gasteiger partial charge in [0.05, 0.1) is 24.9 Å². The van der Waals surface area contributed by atoms with Crippen LogP contribution in [-0.2, 0) is 9.53 Å². The molecule has 2 aromatic heterocycles. The van der Waals surface area contributed by atoms with Gasteiger partial charge in [0, 0.05) is 48.2 Å². The molecular formula is C31H25NO9. The van der Waals surface area contributed by atoms with E-state index in [9.17, 15) is 29.7 Å². The van der Waals surface area contributed by atoms with Gasteiger partial charge in [-0.3, -0.25) is 14.4 Å². The number of morpholine rings is 1. The Hall–Kier alpha value is -5.09. The number of hydrogen-bond donors (Lipinski definition) is 3. The van der Waals surface area contributed by atoms with E-state index >= 15 is 0 Å². The lowest BCUT2D eigenvalue weighted by molar-refractivity contribution is -0.135. The summed E-state index contributed by atoms with van der Waals surface area (Å²) in [6.07, 6.45) is 0.867. The number of phenols is 3. The van der Waals surface area contributed by atoms with Crippen molar-refractivity contribution in [3.05, 3.63) is 98.5 Å². The Morgan fingerprint density at radius 2 is 1.61 bits per heavy atom. The molecule has 1 aliphatic heterocycles. The molecule has 1 saturated heterocycles. The lowest BCUT2D eigenvalue weighted by Crippen LogP contribution is -2.41. The number of benzene rings is 3. The Kier molecular flexibility index (Phi) is 6.68. The van der Waals surface area contributed by atoms with Crippen LogP contribution >= 0.6 is 0 Å². The molecule has 0 unspecified atom stereocenters. The molecule has 0 aliphatic carbocycles. The molecule has 41 heavy (non-hydrogen) atoms. The summed E-state index contributed by atoms with van der Waals surface area (Å²) >= 11 is 0. The first-order chi connectivity index (χ1) is 19.8. The third-order valence-electron chi connectivity index (χ3n) is 7.36. The van der Waals surface area contributed by atoms with Crippen LogP contribution in [0.15, 0.2) is 85.4 Å². The van der Waals surface area contributed by atoms with Crippen molar-refractivity contribution in [3.8, 4) is 28.6 Å². The first-order valence-corrected chi connectivity index (χ1v) is 13.0. The van der Waals surface area contributed by atoms with Gasteiger partial charge < -0.3 is 33.8 Å². The van der Waals surface area contributed by atoms with E-state index in [1.54, 1.807) is 59.5 Å². The van der Waals surface area contributed by atoms with E-state index in [4.69, 9.17) is 13.6 Å². The standard InChI is InChI=1S/C31H25NO9/c33-21-15-23(17-6-2-1-3-7-17)41-31-25(28(36)30(38)29(37)26(21)31)19(14-24(34)32-10-12-39-13-11-32)20-16-40-22-9-5-4-8-18(22)27(20)35/h1-9,15-16,19,36-38H,10-14H2/t19-/m1/s1. The smallest absolute Gasteiger partial charge is 0.223 e. The second-order valence-corrected chi connectivity index (χ2v) is 9.77. The molecule has 10 heteroatoms. The summed E-state index contributed by atoms with van der Waals surface area (Å²) in [6.45, 7) is 1.35. The minimum absolute atomic E-state index is 0.000220. The van der Waals surface area contributed by atoms with E-state index in [2.05, 4.69) is 0 Å². The summed E-state index contributed by atoms with van der Waals surface area (Å²) in [5.74, 6) is -4.13. The summed E-state index contributed by atoms with van der Waals surface area (Å²) in [6, 6.07) is 16.4. The average molecular weight is 556 g/mol. The van der Waals surface area contributed by atoms with Crippen molar-refractivity contribution in [1.82, 2.24) is 4.90 Å². The molecule has 1 atom stereocenters. The van der Waals surface area contributed by atoms with Gasteiger partial charge in [0.15, 0.2) is 22.4 Å². The molecule has 1 fully saturated rings. The fourth-order valence-electron chi connectivity index (χ4n) is 5.26. The normalized spacial score (nSPS) is 14.4. The monoisotopic (exact) mass is 555 g/mol. The van der Waals surface area contributed by atoms with Crippen molar-refractivity contribution in [2.75, 3.05) is 26.3 Å². The summed E-state index contributed by atoms with van der Waals surface area (Å²) in [4.78, 5) is 42.2. The Morgan fingerprint density at radius 1 is 0.902 bits per heavy atom. The van der Waals surface area contributed by atoms with Crippen LogP contribution in [0.2, 0.25) is 0 Å². The molecule has 0 radical (unpaired) electrons.